The summed E-state index contributed by atoms with van der Waals surface area (Å²) in [5, 5.41) is 32.0. The molecule has 0 amide bonds. The summed E-state index contributed by atoms with van der Waals surface area (Å²) in [6.45, 7) is 1.65. The second-order valence-corrected chi connectivity index (χ2v) is 6.35. The minimum Gasteiger partial charge on any atom is -0.497 e. The highest BCUT2D eigenvalue weighted by Gasteiger charge is 2.32. The number of nitrogens with zero attached hydrogens (tertiary/aromatic N) is 4. The van der Waals surface area contributed by atoms with Gasteiger partial charge in [0, 0.05) is 37.9 Å². The van der Waals surface area contributed by atoms with E-state index in [0.29, 0.717) is 26.2 Å². The van der Waals surface area contributed by atoms with Crippen molar-refractivity contribution in [3.8, 4) is 5.75 Å². The Morgan fingerprint density at radius 3 is 2.07 bits per heavy atom. The van der Waals surface area contributed by atoms with Gasteiger partial charge in [0.15, 0.2) is 0 Å². The summed E-state index contributed by atoms with van der Waals surface area (Å²) >= 11 is 0. The van der Waals surface area contributed by atoms with Crippen LogP contribution in [0.15, 0.2) is 36.4 Å². The number of piperazine rings is 1. The van der Waals surface area contributed by atoms with E-state index in [1.807, 2.05) is 24.3 Å². The van der Waals surface area contributed by atoms with E-state index < -0.39 is 32.8 Å². The number of benzene rings is 2. The van der Waals surface area contributed by atoms with E-state index in [0.717, 1.165) is 23.6 Å². The highest BCUT2D eigenvalue weighted by molar-refractivity contribution is 5.98. The van der Waals surface area contributed by atoms with Gasteiger partial charge in [-0.3, -0.25) is 20.2 Å². The summed E-state index contributed by atoms with van der Waals surface area (Å²) in [7, 11) is 1.57. The number of non-ortho nitro benzene ring substituents is 1. The molecule has 0 unspecified atom stereocenters. The van der Waals surface area contributed by atoms with Crippen LogP contribution < -0.4 is 14.5 Å². The van der Waals surface area contributed by atoms with Crippen molar-refractivity contribution in [1.29, 1.82) is 0 Å². The number of aromatic carboxylic acids is 1. The fourth-order valence-electron chi connectivity index (χ4n) is 3.33. The molecule has 1 aliphatic rings. The number of carbonyl (C=O) groups is 1. The first-order valence-corrected chi connectivity index (χ1v) is 8.66. The van der Waals surface area contributed by atoms with Crippen LogP contribution in [0.2, 0.25) is 0 Å². The van der Waals surface area contributed by atoms with E-state index in [2.05, 4.69) is 4.90 Å². The molecule has 2 aromatic rings. The smallest absolute Gasteiger partial charge is 0.338 e. The summed E-state index contributed by atoms with van der Waals surface area (Å²) in [6.07, 6.45) is 0. The molecule has 0 spiro atoms. The number of methoxy groups -OCH3 is 1. The molecule has 11 nitrogen and oxygen atoms in total. The molecule has 1 N–H and O–H groups in total. The molecule has 0 bridgehead atoms. The number of rotatable bonds is 6. The Morgan fingerprint density at radius 1 is 1.00 bits per heavy atom. The Kier molecular flexibility index (Phi) is 5.48. The third-order valence-corrected chi connectivity index (χ3v) is 4.75. The minimum atomic E-state index is -1.45. The fourth-order valence-corrected chi connectivity index (χ4v) is 3.33. The lowest BCUT2D eigenvalue weighted by molar-refractivity contribution is -0.393. The summed E-state index contributed by atoms with van der Waals surface area (Å²) in [5.74, 6) is -0.732. The average Bonchev–Trinajstić information content (AvgIpc) is 2.72. The van der Waals surface area contributed by atoms with E-state index in [1.54, 1.807) is 12.0 Å². The Bertz CT molecular complexity index is 918. The van der Waals surface area contributed by atoms with Crippen molar-refractivity contribution in [3.05, 3.63) is 62.2 Å². The molecule has 0 saturated carbocycles. The Balaban J connectivity index is 1.90. The fraction of sp³-hybridized carbons (Fsp3) is 0.278. The number of anilines is 2. The quantitative estimate of drug-likeness (QED) is 0.570. The first-order chi connectivity index (χ1) is 13.8. The van der Waals surface area contributed by atoms with Gasteiger partial charge in [-0.2, -0.15) is 0 Å². The highest BCUT2D eigenvalue weighted by Crippen LogP contribution is 2.37. The van der Waals surface area contributed by atoms with Gasteiger partial charge in [-0.05, 0) is 24.3 Å². The van der Waals surface area contributed by atoms with Gasteiger partial charge >= 0.3 is 5.97 Å². The SMILES string of the molecule is COc1ccc(N2CCN(c3c(C(=O)O)cc([N+](=O)[O-])cc3[N+](=O)[O-])CC2)cc1. The van der Waals surface area contributed by atoms with Crippen LogP contribution in [-0.4, -0.2) is 54.2 Å². The first kappa shape index (κ1) is 19.9. The summed E-state index contributed by atoms with van der Waals surface area (Å²) in [6, 6.07) is 9.10. The molecule has 1 heterocycles. The molecule has 0 aromatic heterocycles. The van der Waals surface area contributed by atoms with Crippen LogP contribution in [0.1, 0.15) is 10.4 Å². The molecule has 0 aliphatic carbocycles. The van der Waals surface area contributed by atoms with Crippen LogP contribution in [0.5, 0.6) is 5.75 Å². The average molecular weight is 402 g/mol. The summed E-state index contributed by atoms with van der Waals surface area (Å²) in [5.41, 5.74) is -0.836. The zero-order chi connectivity index (χ0) is 21.1. The van der Waals surface area contributed by atoms with E-state index in [1.165, 1.54) is 0 Å². The molecular formula is C18H18N4O7. The minimum absolute atomic E-state index is 0.109. The molecule has 0 radical (unpaired) electrons. The Hall–Kier alpha value is -3.89. The van der Waals surface area contributed by atoms with Gasteiger partial charge in [0.2, 0.25) is 0 Å². The van der Waals surface area contributed by atoms with E-state index in [4.69, 9.17) is 4.74 Å². The molecule has 1 fully saturated rings. The van der Waals surface area contributed by atoms with Gasteiger partial charge in [-0.15, -0.1) is 0 Å². The lowest BCUT2D eigenvalue weighted by Crippen LogP contribution is -2.47. The Labute approximate surface area is 165 Å². The van der Waals surface area contributed by atoms with Crippen molar-refractivity contribution in [1.82, 2.24) is 0 Å². The largest absolute Gasteiger partial charge is 0.497 e. The van der Waals surface area contributed by atoms with Crippen LogP contribution in [0.4, 0.5) is 22.7 Å². The second-order valence-electron chi connectivity index (χ2n) is 6.35. The summed E-state index contributed by atoms with van der Waals surface area (Å²) < 4.78 is 5.13. The monoisotopic (exact) mass is 402 g/mol. The molecule has 1 saturated heterocycles. The van der Waals surface area contributed by atoms with Gasteiger partial charge in [0.05, 0.1) is 28.6 Å². The predicted molar refractivity (Wildman–Crippen MR) is 104 cm³/mol. The highest BCUT2D eigenvalue weighted by atomic mass is 16.6. The lowest BCUT2D eigenvalue weighted by atomic mass is 10.1. The zero-order valence-corrected chi connectivity index (χ0v) is 15.5. The van der Waals surface area contributed by atoms with Crippen molar-refractivity contribution in [2.24, 2.45) is 0 Å². The second kappa shape index (κ2) is 8.00. The van der Waals surface area contributed by atoms with Crippen LogP contribution in [0.25, 0.3) is 0 Å². The predicted octanol–water partition coefficient (Wildman–Crippen LogP) is 2.54. The molecular weight excluding hydrogens is 384 g/mol. The van der Waals surface area contributed by atoms with Gasteiger partial charge in [-0.25, -0.2) is 4.79 Å². The van der Waals surface area contributed by atoms with Crippen molar-refractivity contribution >= 4 is 28.7 Å². The maximum absolute atomic E-state index is 11.7. The van der Waals surface area contributed by atoms with Crippen LogP contribution in [0.3, 0.4) is 0 Å². The van der Waals surface area contributed by atoms with Crippen molar-refractivity contribution < 1.29 is 24.5 Å². The third-order valence-electron chi connectivity index (χ3n) is 4.75. The number of hydrogen-bond acceptors (Lipinski definition) is 8. The molecule has 29 heavy (non-hydrogen) atoms. The number of nitro groups is 2. The molecule has 0 atom stereocenters. The maximum Gasteiger partial charge on any atom is 0.338 e. The van der Waals surface area contributed by atoms with Crippen LogP contribution >= 0.6 is 0 Å². The van der Waals surface area contributed by atoms with Crippen molar-refractivity contribution in [2.75, 3.05) is 43.1 Å². The topological polar surface area (TPSA) is 139 Å². The van der Waals surface area contributed by atoms with E-state index in [9.17, 15) is 30.1 Å². The number of hydrogen-bond donors (Lipinski definition) is 1. The molecule has 1 aliphatic heterocycles. The third kappa shape index (κ3) is 4.03. The van der Waals surface area contributed by atoms with Crippen LogP contribution in [0, 0.1) is 20.2 Å². The number of carboxylic acids is 1. The van der Waals surface area contributed by atoms with Gasteiger partial charge < -0.3 is 19.6 Å². The maximum atomic E-state index is 11.7. The molecule has 2 aromatic carbocycles. The van der Waals surface area contributed by atoms with Crippen molar-refractivity contribution in [2.45, 2.75) is 0 Å². The first-order valence-electron chi connectivity index (χ1n) is 8.66. The lowest BCUT2D eigenvalue weighted by Gasteiger charge is -2.37. The van der Waals surface area contributed by atoms with Gasteiger partial charge in [0.25, 0.3) is 11.4 Å². The summed E-state index contributed by atoms with van der Waals surface area (Å²) in [4.78, 5) is 36.2. The Morgan fingerprint density at radius 2 is 1.59 bits per heavy atom. The number of ether oxygens (including phenoxy) is 1. The van der Waals surface area contributed by atoms with Gasteiger partial charge in [-0.1, -0.05) is 0 Å². The number of carboxylic acid groups (broad SMARTS) is 1. The normalized spacial score (nSPS) is 13.8. The standard InChI is InChI=1S/C18H18N4O7/c1-29-14-4-2-12(3-5-14)19-6-8-20(9-7-19)17-15(18(23)24)10-13(21(25)26)11-16(17)22(27)28/h2-5,10-11H,6-9H2,1H3,(H,23,24). The molecule has 11 heteroatoms. The van der Waals surface area contributed by atoms with E-state index >= 15 is 0 Å². The van der Waals surface area contributed by atoms with Crippen LogP contribution in [-0.2, 0) is 0 Å². The number of nitro benzene ring substituents is 2. The van der Waals surface area contributed by atoms with Crippen molar-refractivity contribution in [3.63, 3.8) is 0 Å². The zero-order valence-electron chi connectivity index (χ0n) is 15.5. The molecule has 152 valence electrons. The van der Waals surface area contributed by atoms with E-state index in [-0.39, 0.29) is 5.69 Å². The molecule has 3 rings (SSSR count). The van der Waals surface area contributed by atoms with Gasteiger partial charge in [0.1, 0.15) is 11.4 Å².